The maximum Gasteiger partial charge on any atom is 0.124 e. The zero-order chi connectivity index (χ0) is 13.3. The fraction of sp³-hybridized carbons (Fsp3) is 0.267. The van der Waals surface area contributed by atoms with Gasteiger partial charge in [0, 0.05) is 10.0 Å². The van der Waals surface area contributed by atoms with Crippen LogP contribution in [0.15, 0.2) is 40.4 Å². The van der Waals surface area contributed by atoms with Crippen molar-refractivity contribution in [2.75, 3.05) is 0 Å². The Labute approximate surface area is 120 Å². The van der Waals surface area contributed by atoms with Gasteiger partial charge in [-0.25, -0.2) is 4.98 Å². The predicted octanol–water partition coefficient (Wildman–Crippen LogP) is 5.82. The number of hydrogen-bond donors (Lipinski definition) is 0. The fourth-order valence-electron chi connectivity index (χ4n) is 1.90. The summed E-state index contributed by atoms with van der Waals surface area (Å²) in [6.45, 7) is 10.5. The minimum Gasteiger partial charge on any atom is -0.236 e. The molecule has 0 saturated carbocycles. The zero-order valence-corrected chi connectivity index (χ0v) is 13.3. The van der Waals surface area contributed by atoms with Gasteiger partial charge in [0.2, 0.25) is 0 Å². The molecule has 0 aliphatic heterocycles. The molecule has 0 aliphatic carbocycles. The number of aromatic nitrogens is 1. The van der Waals surface area contributed by atoms with Gasteiger partial charge in [0.25, 0.3) is 0 Å². The number of halogens is 1. The summed E-state index contributed by atoms with van der Waals surface area (Å²) in [5, 5.41) is 1.08. The second-order valence-electron chi connectivity index (χ2n) is 4.46. The zero-order valence-electron chi connectivity index (χ0n) is 10.9. The maximum absolute atomic E-state index is 4.72. The van der Waals surface area contributed by atoms with Crippen molar-refractivity contribution in [3.05, 3.63) is 45.4 Å². The molecule has 0 unspecified atom stereocenters. The van der Waals surface area contributed by atoms with Crippen molar-refractivity contribution in [2.45, 2.75) is 27.2 Å². The summed E-state index contributed by atoms with van der Waals surface area (Å²) >= 11 is 5.23. The van der Waals surface area contributed by atoms with E-state index in [0.717, 1.165) is 27.0 Å². The van der Waals surface area contributed by atoms with E-state index in [1.807, 2.05) is 6.07 Å². The molecule has 0 radical (unpaired) electrons. The first-order valence-electron chi connectivity index (χ1n) is 5.95. The lowest BCUT2D eigenvalue weighted by Crippen LogP contribution is -1.89. The molecule has 0 saturated heterocycles. The molecule has 18 heavy (non-hydrogen) atoms. The van der Waals surface area contributed by atoms with E-state index in [4.69, 9.17) is 4.98 Å². The highest BCUT2D eigenvalue weighted by Crippen LogP contribution is 2.34. The Morgan fingerprint density at radius 3 is 2.72 bits per heavy atom. The number of allylic oxidation sites excluding steroid dienone is 3. The van der Waals surface area contributed by atoms with Gasteiger partial charge in [-0.1, -0.05) is 35.0 Å². The summed E-state index contributed by atoms with van der Waals surface area (Å²) in [5.41, 5.74) is 4.71. The molecule has 0 amide bonds. The number of thiazole rings is 1. The molecular formula is C15H16BrNS. The van der Waals surface area contributed by atoms with E-state index < -0.39 is 0 Å². The lowest BCUT2D eigenvalue weighted by molar-refractivity contribution is 1.15. The summed E-state index contributed by atoms with van der Waals surface area (Å²) < 4.78 is 2.31. The molecule has 0 bridgehead atoms. The fourth-order valence-corrected chi connectivity index (χ4v) is 3.62. The SMILES string of the molecule is C=C(CC)C(=C(C)C)c1nc2ccc(Br)cc2s1. The van der Waals surface area contributed by atoms with Crippen molar-refractivity contribution in [1.82, 2.24) is 4.98 Å². The number of benzene rings is 1. The first-order chi connectivity index (χ1) is 8.52. The topological polar surface area (TPSA) is 12.9 Å². The van der Waals surface area contributed by atoms with Crippen LogP contribution in [0.5, 0.6) is 0 Å². The molecule has 1 aromatic heterocycles. The van der Waals surface area contributed by atoms with Crippen LogP contribution < -0.4 is 0 Å². The van der Waals surface area contributed by atoms with E-state index in [1.165, 1.54) is 15.8 Å². The molecule has 0 N–H and O–H groups in total. The van der Waals surface area contributed by atoms with Crippen LogP contribution in [-0.2, 0) is 0 Å². The molecule has 1 aromatic carbocycles. The second-order valence-corrected chi connectivity index (χ2v) is 6.41. The Balaban J connectivity index is 2.59. The van der Waals surface area contributed by atoms with Crippen LogP contribution in [0.25, 0.3) is 15.8 Å². The number of fused-ring (bicyclic) bond motifs is 1. The standard InChI is InChI=1S/C15H16BrNS/c1-5-10(4)14(9(2)3)15-17-12-7-6-11(16)8-13(12)18-15/h6-8H,4-5H2,1-3H3. The molecular weight excluding hydrogens is 306 g/mol. The highest BCUT2D eigenvalue weighted by Gasteiger charge is 2.12. The van der Waals surface area contributed by atoms with E-state index >= 15 is 0 Å². The van der Waals surface area contributed by atoms with E-state index in [-0.39, 0.29) is 0 Å². The molecule has 0 spiro atoms. The lowest BCUT2D eigenvalue weighted by atomic mass is 10.0. The maximum atomic E-state index is 4.72. The van der Waals surface area contributed by atoms with Crippen LogP contribution in [-0.4, -0.2) is 4.98 Å². The van der Waals surface area contributed by atoms with E-state index in [1.54, 1.807) is 11.3 Å². The van der Waals surface area contributed by atoms with Crippen molar-refractivity contribution in [3.8, 4) is 0 Å². The van der Waals surface area contributed by atoms with Crippen molar-refractivity contribution >= 4 is 43.1 Å². The van der Waals surface area contributed by atoms with Crippen molar-refractivity contribution in [2.24, 2.45) is 0 Å². The summed E-state index contributed by atoms with van der Waals surface area (Å²) in [7, 11) is 0. The number of nitrogens with zero attached hydrogens (tertiary/aromatic N) is 1. The molecule has 3 heteroatoms. The third-order valence-electron chi connectivity index (χ3n) is 2.84. The average Bonchev–Trinajstić information content (AvgIpc) is 2.70. The average molecular weight is 322 g/mol. The van der Waals surface area contributed by atoms with Crippen molar-refractivity contribution < 1.29 is 0 Å². The van der Waals surface area contributed by atoms with Gasteiger partial charge in [-0.15, -0.1) is 11.3 Å². The highest BCUT2D eigenvalue weighted by atomic mass is 79.9. The Hall–Kier alpha value is -0.930. The largest absolute Gasteiger partial charge is 0.236 e. The molecule has 2 rings (SSSR count). The normalized spacial score (nSPS) is 10.7. The van der Waals surface area contributed by atoms with Crippen LogP contribution in [0, 0.1) is 0 Å². The smallest absolute Gasteiger partial charge is 0.124 e. The minimum absolute atomic E-state index is 0.958. The van der Waals surface area contributed by atoms with Crippen LogP contribution in [0.2, 0.25) is 0 Å². The van der Waals surface area contributed by atoms with E-state index in [9.17, 15) is 0 Å². The molecule has 94 valence electrons. The molecule has 1 heterocycles. The Morgan fingerprint density at radius 1 is 1.39 bits per heavy atom. The monoisotopic (exact) mass is 321 g/mol. The predicted molar refractivity (Wildman–Crippen MR) is 85.0 cm³/mol. The lowest BCUT2D eigenvalue weighted by Gasteiger charge is -2.08. The van der Waals surface area contributed by atoms with Crippen LogP contribution >= 0.6 is 27.3 Å². The molecule has 0 fully saturated rings. The third kappa shape index (κ3) is 2.57. The molecule has 2 aromatic rings. The van der Waals surface area contributed by atoms with E-state index in [2.05, 4.69) is 55.4 Å². The van der Waals surface area contributed by atoms with Gasteiger partial charge < -0.3 is 0 Å². The highest BCUT2D eigenvalue weighted by molar-refractivity contribution is 9.10. The quantitative estimate of drug-likeness (QED) is 0.649. The van der Waals surface area contributed by atoms with Gasteiger partial charge in [-0.3, -0.25) is 0 Å². The summed E-state index contributed by atoms with van der Waals surface area (Å²) in [5.74, 6) is 0. The van der Waals surface area contributed by atoms with Crippen LogP contribution in [0.1, 0.15) is 32.2 Å². The van der Waals surface area contributed by atoms with Crippen LogP contribution in [0.4, 0.5) is 0 Å². The summed E-state index contributed by atoms with van der Waals surface area (Å²) in [6, 6.07) is 6.20. The first kappa shape index (κ1) is 13.5. The third-order valence-corrected chi connectivity index (χ3v) is 4.37. The molecule has 0 atom stereocenters. The number of rotatable bonds is 3. The second kappa shape index (κ2) is 5.37. The first-order valence-corrected chi connectivity index (χ1v) is 7.56. The number of hydrogen-bond acceptors (Lipinski definition) is 2. The van der Waals surface area contributed by atoms with Crippen LogP contribution in [0.3, 0.4) is 0 Å². The van der Waals surface area contributed by atoms with E-state index in [0.29, 0.717) is 0 Å². The molecule has 0 aliphatic rings. The van der Waals surface area contributed by atoms with Gasteiger partial charge >= 0.3 is 0 Å². The van der Waals surface area contributed by atoms with Gasteiger partial charge in [0.15, 0.2) is 0 Å². The van der Waals surface area contributed by atoms with Gasteiger partial charge in [-0.05, 0) is 44.0 Å². The summed E-state index contributed by atoms with van der Waals surface area (Å²) in [4.78, 5) is 4.72. The van der Waals surface area contributed by atoms with Gasteiger partial charge in [0.05, 0.1) is 10.2 Å². The minimum atomic E-state index is 0.958. The summed E-state index contributed by atoms with van der Waals surface area (Å²) in [6.07, 6.45) is 0.958. The van der Waals surface area contributed by atoms with Crippen molar-refractivity contribution in [3.63, 3.8) is 0 Å². The Morgan fingerprint density at radius 2 is 2.11 bits per heavy atom. The van der Waals surface area contributed by atoms with Gasteiger partial charge in [-0.2, -0.15) is 0 Å². The Kier molecular flexibility index (Phi) is 4.03. The van der Waals surface area contributed by atoms with Crippen molar-refractivity contribution in [1.29, 1.82) is 0 Å². The molecule has 1 nitrogen and oxygen atoms in total. The Bertz CT molecular complexity index is 633. The van der Waals surface area contributed by atoms with Gasteiger partial charge in [0.1, 0.15) is 5.01 Å².